The fourth-order valence-electron chi connectivity index (χ4n) is 4.01. The van der Waals surface area contributed by atoms with Gasteiger partial charge in [0.1, 0.15) is 6.67 Å². The lowest BCUT2D eigenvalue weighted by Gasteiger charge is -2.29. The topological polar surface area (TPSA) is 112 Å². The second-order valence-electron chi connectivity index (χ2n) is 8.80. The number of aromatic carboxylic acids is 1. The first-order valence-electron chi connectivity index (χ1n) is 11.7. The smallest absolute Gasteiger partial charge is 0.335 e. The average Bonchev–Trinajstić information content (AvgIpc) is 3.32. The molecule has 0 bridgehead atoms. The van der Waals surface area contributed by atoms with Crippen molar-refractivity contribution in [3.8, 4) is 0 Å². The maximum absolute atomic E-state index is 13.1. The van der Waals surface area contributed by atoms with E-state index in [1.807, 2.05) is 11.8 Å². The largest absolute Gasteiger partial charge is 0.478 e. The van der Waals surface area contributed by atoms with Crippen molar-refractivity contribution in [3.63, 3.8) is 0 Å². The van der Waals surface area contributed by atoms with Gasteiger partial charge in [-0.2, -0.15) is 0 Å². The first-order chi connectivity index (χ1) is 17.7. The molecular weight excluding hydrogens is 519 g/mol. The van der Waals surface area contributed by atoms with Crippen LogP contribution in [0.2, 0.25) is 5.02 Å². The molecule has 0 saturated heterocycles. The number of benzene rings is 2. The van der Waals surface area contributed by atoms with Gasteiger partial charge in [0, 0.05) is 53.2 Å². The van der Waals surface area contributed by atoms with Crippen LogP contribution in [0.1, 0.15) is 49.6 Å². The van der Waals surface area contributed by atoms with Crippen LogP contribution in [-0.2, 0) is 24.2 Å². The molecule has 194 valence electrons. The van der Waals surface area contributed by atoms with Crippen molar-refractivity contribution in [1.82, 2.24) is 9.88 Å². The van der Waals surface area contributed by atoms with E-state index < -0.39 is 18.6 Å². The van der Waals surface area contributed by atoms with Crippen LogP contribution in [0.4, 0.5) is 15.8 Å². The zero-order valence-electron chi connectivity index (χ0n) is 20.1. The number of alkyl halides is 1. The van der Waals surface area contributed by atoms with E-state index in [1.165, 1.54) is 23.5 Å². The predicted octanol–water partition coefficient (Wildman–Crippen LogP) is 5.03. The van der Waals surface area contributed by atoms with Gasteiger partial charge in [-0.25, -0.2) is 14.2 Å². The van der Waals surface area contributed by atoms with E-state index in [-0.39, 0.29) is 35.4 Å². The Bertz CT molecular complexity index is 1310. The molecule has 1 aliphatic rings. The summed E-state index contributed by atoms with van der Waals surface area (Å²) in [5, 5.41) is 15.8. The Balaban J connectivity index is 1.47. The summed E-state index contributed by atoms with van der Waals surface area (Å²) in [6.45, 7) is 2.59. The summed E-state index contributed by atoms with van der Waals surface area (Å²) in [7, 11) is 0. The van der Waals surface area contributed by atoms with Crippen LogP contribution < -0.4 is 10.6 Å². The molecular formula is C26H26ClFN4O4S. The van der Waals surface area contributed by atoms with E-state index >= 15 is 0 Å². The van der Waals surface area contributed by atoms with E-state index in [0.29, 0.717) is 41.5 Å². The highest BCUT2D eigenvalue weighted by Crippen LogP contribution is 2.28. The van der Waals surface area contributed by atoms with E-state index in [0.717, 1.165) is 10.6 Å². The van der Waals surface area contributed by atoms with Gasteiger partial charge in [0.2, 0.25) is 5.91 Å². The van der Waals surface area contributed by atoms with Crippen LogP contribution in [0, 0.1) is 0 Å². The molecule has 2 amide bonds. The van der Waals surface area contributed by atoms with Gasteiger partial charge in [0.15, 0.2) is 5.01 Å². The van der Waals surface area contributed by atoms with Crippen LogP contribution in [0.15, 0.2) is 42.5 Å². The van der Waals surface area contributed by atoms with E-state index in [1.54, 1.807) is 30.3 Å². The van der Waals surface area contributed by atoms with Crippen LogP contribution in [0.25, 0.3) is 0 Å². The molecule has 1 unspecified atom stereocenters. The molecule has 0 aliphatic carbocycles. The van der Waals surface area contributed by atoms with Crippen molar-refractivity contribution in [1.29, 1.82) is 0 Å². The van der Waals surface area contributed by atoms with Crippen LogP contribution in [-0.4, -0.2) is 52.0 Å². The van der Waals surface area contributed by atoms with Crippen LogP contribution >= 0.6 is 22.9 Å². The van der Waals surface area contributed by atoms with Crippen molar-refractivity contribution in [2.45, 2.75) is 38.8 Å². The summed E-state index contributed by atoms with van der Waals surface area (Å²) in [6.07, 6.45) is 1.03. The highest BCUT2D eigenvalue weighted by molar-refractivity contribution is 7.13. The molecule has 2 aromatic carbocycles. The van der Waals surface area contributed by atoms with Crippen molar-refractivity contribution < 1.29 is 23.9 Å². The number of carbonyl (C=O) groups excluding carboxylic acids is 2. The summed E-state index contributed by atoms with van der Waals surface area (Å²) >= 11 is 7.13. The molecule has 3 aromatic rings. The SMILES string of the molecule is CC(CF)N1CCc2nc(C(=O)Nc3cc(C(=O)O)ccc3CCC(=O)Nc3ccc(Cl)cc3)sc2C1. The molecule has 8 nitrogen and oxygen atoms in total. The Kier molecular flexibility index (Phi) is 8.52. The first kappa shape index (κ1) is 26.7. The number of halogens is 2. The number of carboxylic acids is 1. The number of rotatable bonds is 9. The molecule has 0 radical (unpaired) electrons. The average molecular weight is 545 g/mol. The third kappa shape index (κ3) is 6.71. The number of anilines is 2. The molecule has 1 aliphatic heterocycles. The van der Waals surface area contributed by atoms with Gasteiger partial charge >= 0.3 is 5.97 Å². The number of amides is 2. The monoisotopic (exact) mass is 544 g/mol. The maximum Gasteiger partial charge on any atom is 0.335 e. The van der Waals surface area contributed by atoms with Crippen molar-refractivity contribution in [2.75, 3.05) is 23.9 Å². The molecule has 3 N–H and O–H groups in total. The van der Waals surface area contributed by atoms with E-state index in [4.69, 9.17) is 11.6 Å². The molecule has 0 fully saturated rings. The number of aromatic nitrogens is 1. The van der Waals surface area contributed by atoms with Crippen molar-refractivity contribution >= 4 is 52.1 Å². The summed E-state index contributed by atoms with van der Waals surface area (Å²) in [6, 6.07) is 10.9. The Morgan fingerprint density at radius 3 is 2.65 bits per heavy atom. The first-order valence-corrected chi connectivity index (χ1v) is 12.9. The maximum atomic E-state index is 13.1. The molecule has 1 atom stereocenters. The van der Waals surface area contributed by atoms with Gasteiger partial charge in [-0.15, -0.1) is 11.3 Å². The Hall–Kier alpha value is -3.34. The van der Waals surface area contributed by atoms with E-state index in [9.17, 15) is 23.9 Å². The lowest BCUT2D eigenvalue weighted by atomic mass is 10.0. The van der Waals surface area contributed by atoms with Crippen molar-refractivity contribution in [2.24, 2.45) is 0 Å². The number of aryl methyl sites for hydroxylation is 1. The number of nitrogens with one attached hydrogen (secondary N) is 2. The minimum absolute atomic E-state index is 0.0129. The quantitative estimate of drug-likeness (QED) is 0.348. The van der Waals surface area contributed by atoms with Gasteiger partial charge in [0.25, 0.3) is 5.91 Å². The van der Waals surface area contributed by atoms with Gasteiger partial charge in [-0.05, 0) is 55.3 Å². The number of hydrogen-bond donors (Lipinski definition) is 3. The Morgan fingerprint density at radius 2 is 1.95 bits per heavy atom. The summed E-state index contributed by atoms with van der Waals surface area (Å²) in [5.41, 5.74) is 2.38. The van der Waals surface area contributed by atoms with E-state index in [2.05, 4.69) is 15.6 Å². The highest BCUT2D eigenvalue weighted by Gasteiger charge is 2.26. The zero-order valence-corrected chi connectivity index (χ0v) is 21.7. The number of fused-ring (bicyclic) bond motifs is 1. The minimum atomic E-state index is -1.13. The van der Waals surface area contributed by atoms with Gasteiger partial charge < -0.3 is 15.7 Å². The lowest BCUT2D eigenvalue weighted by Crippen LogP contribution is -2.38. The standard InChI is InChI=1S/C26H26ClFN4O4S/c1-15(13-28)32-11-10-20-22(14-32)37-25(31-20)24(34)30-21-12-17(26(35)36)3-2-16(21)4-9-23(33)29-19-7-5-18(27)6-8-19/h2-3,5-8,12,15H,4,9-11,13-14H2,1H3,(H,29,33)(H,30,34)(H,35,36). The Morgan fingerprint density at radius 1 is 1.19 bits per heavy atom. The molecule has 4 rings (SSSR count). The van der Waals surface area contributed by atoms with Gasteiger partial charge in [0.05, 0.1) is 11.3 Å². The number of carbonyl (C=O) groups is 3. The number of carboxylic acid groups (broad SMARTS) is 1. The van der Waals surface area contributed by atoms with Crippen LogP contribution in [0.5, 0.6) is 0 Å². The summed E-state index contributed by atoms with van der Waals surface area (Å²) in [4.78, 5) is 44.5. The molecule has 0 spiro atoms. The highest BCUT2D eigenvalue weighted by atomic mass is 35.5. The van der Waals surface area contributed by atoms with Crippen molar-refractivity contribution in [3.05, 3.63) is 74.2 Å². The predicted molar refractivity (Wildman–Crippen MR) is 141 cm³/mol. The van der Waals surface area contributed by atoms with Crippen LogP contribution in [0.3, 0.4) is 0 Å². The number of thiazole rings is 1. The number of nitrogens with zero attached hydrogens (tertiary/aromatic N) is 2. The summed E-state index contributed by atoms with van der Waals surface area (Å²) < 4.78 is 13.1. The van der Waals surface area contributed by atoms with Gasteiger partial charge in [-0.3, -0.25) is 14.5 Å². The van der Waals surface area contributed by atoms with Gasteiger partial charge in [-0.1, -0.05) is 17.7 Å². The fourth-order valence-corrected chi connectivity index (χ4v) is 5.17. The number of hydrogen-bond acceptors (Lipinski definition) is 6. The molecule has 1 aromatic heterocycles. The zero-order chi connectivity index (χ0) is 26.5. The molecule has 11 heteroatoms. The summed E-state index contributed by atoms with van der Waals surface area (Å²) in [5.74, 6) is -1.82. The second kappa shape index (κ2) is 11.8. The third-order valence-electron chi connectivity index (χ3n) is 6.16. The second-order valence-corrected chi connectivity index (χ2v) is 10.3. The fraction of sp³-hybridized carbons (Fsp3) is 0.308. The lowest BCUT2D eigenvalue weighted by molar-refractivity contribution is -0.116. The molecule has 37 heavy (non-hydrogen) atoms. The minimum Gasteiger partial charge on any atom is -0.478 e. The third-order valence-corrected chi connectivity index (χ3v) is 7.49. The Labute approximate surface area is 222 Å². The molecule has 0 saturated carbocycles. The molecule has 2 heterocycles. The normalized spacial score (nSPS) is 14.0.